The molecule has 1 rings (SSSR count). The highest BCUT2D eigenvalue weighted by Crippen LogP contribution is 2.28. The monoisotopic (exact) mass is 482 g/mol. The Labute approximate surface area is 185 Å². The SMILES string of the molecule is O=C(Oc1cc(O)cc(OC(=O)[C@H](O)[C@@H](O)[C@H](O)[C@H](O)CO)c1)[C@H](O)[C@@H](O)[C@H](O)[C@H](O)CO. The molecule has 0 fully saturated rings. The van der Waals surface area contributed by atoms with E-state index in [0.29, 0.717) is 0 Å². The van der Waals surface area contributed by atoms with Gasteiger partial charge in [0.15, 0.2) is 12.2 Å². The first-order valence-corrected chi connectivity index (χ1v) is 9.27. The van der Waals surface area contributed by atoms with Crippen molar-refractivity contribution in [2.24, 2.45) is 0 Å². The summed E-state index contributed by atoms with van der Waals surface area (Å²) in [4.78, 5) is 23.9. The fourth-order valence-corrected chi connectivity index (χ4v) is 2.35. The minimum absolute atomic E-state index is 0.558. The van der Waals surface area contributed by atoms with Crippen LogP contribution in [-0.4, -0.2) is 130 Å². The van der Waals surface area contributed by atoms with E-state index in [1.54, 1.807) is 0 Å². The van der Waals surface area contributed by atoms with E-state index in [1.165, 1.54) is 0 Å². The normalized spacial score (nSPS) is 18.8. The number of phenolic OH excluding ortho intramolecular Hbond substituents is 1. The van der Waals surface area contributed by atoms with Crippen molar-refractivity contribution in [3.05, 3.63) is 18.2 Å². The number of ether oxygens (including phenoxy) is 2. The average Bonchev–Trinajstić information content (AvgIpc) is 2.79. The predicted octanol–water partition coefficient (Wildman–Crippen LogP) is -5.93. The third kappa shape index (κ3) is 7.83. The number of carbonyl (C=O) groups is 2. The molecule has 1 aromatic rings. The molecule has 33 heavy (non-hydrogen) atoms. The van der Waals surface area contributed by atoms with Gasteiger partial charge >= 0.3 is 11.9 Å². The second kappa shape index (κ2) is 12.7. The summed E-state index contributed by atoms with van der Waals surface area (Å²) in [6.07, 6.45) is -17.4. The lowest BCUT2D eigenvalue weighted by Gasteiger charge is -2.24. The summed E-state index contributed by atoms with van der Waals surface area (Å²) in [6.45, 7) is -1.98. The third-order valence-electron chi connectivity index (χ3n) is 4.29. The molecule has 15 nitrogen and oxygen atoms in total. The highest BCUT2D eigenvalue weighted by molar-refractivity contribution is 5.79. The summed E-state index contributed by atoms with van der Waals surface area (Å²) in [5.41, 5.74) is 0. The maximum atomic E-state index is 12.0. The van der Waals surface area contributed by atoms with Gasteiger partial charge in [-0.2, -0.15) is 0 Å². The van der Waals surface area contributed by atoms with E-state index in [4.69, 9.17) is 10.2 Å². The Morgan fingerprint density at radius 3 is 1.27 bits per heavy atom. The average molecular weight is 482 g/mol. The fourth-order valence-electron chi connectivity index (χ4n) is 2.35. The molecule has 0 saturated heterocycles. The van der Waals surface area contributed by atoms with Gasteiger partial charge in [0.2, 0.25) is 0 Å². The molecule has 15 heteroatoms. The minimum atomic E-state index is -2.41. The Hall–Kier alpha value is -2.44. The molecule has 0 radical (unpaired) electrons. The molecule has 1 aromatic carbocycles. The summed E-state index contributed by atoms with van der Waals surface area (Å²) in [7, 11) is 0. The molecular formula is C18H26O15. The number of benzene rings is 1. The van der Waals surface area contributed by atoms with Gasteiger partial charge in [-0.05, 0) is 0 Å². The van der Waals surface area contributed by atoms with Crippen LogP contribution >= 0.6 is 0 Å². The number of hydrogen-bond donors (Lipinski definition) is 11. The molecule has 0 aliphatic heterocycles. The van der Waals surface area contributed by atoms with Gasteiger partial charge in [-0.15, -0.1) is 0 Å². The molecule has 8 atom stereocenters. The van der Waals surface area contributed by atoms with Gasteiger partial charge < -0.3 is 65.6 Å². The van der Waals surface area contributed by atoms with Crippen LogP contribution in [0.3, 0.4) is 0 Å². The van der Waals surface area contributed by atoms with Crippen molar-refractivity contribution < 1.29 is 75.2 Å². The highest BCUT2D eigenvalue weighted by atomic mass is 16.6. The summed E-state index contributed by atoms with van der Waals surface area (Å²) in [5, 5.41) is 104. The smallest absolute Gasteiger partial charge is 0.343 e. The van der Waals surface area contributed by atoms with E-state index in [1.807, 2.05) is 0 Å². The van der Waals surface area contributed by atoms with Crippen LogP contribution in [0.1, 0.15) is 0 Å². The van der Waals surface area contributed by atoms with Crippen LogP contribution < -0.4 is 9.47 Å². The lowest BCUT2D eigenvalue weighted by atomic mass is 10.0. The first kappa shape index (κ1) is 28.6. The Balaban J connectivity index is 2.89. The van der Waals surface area contributed by atoms with Crippen LogP contribution in [0.4, 0.5) is 0 Å². The van der Waals surface area contributed by atoms with Gasteiger partial charge in [0.05, 0.1) is 13.2 Å². The molecule has 0 unspecified atom stereocenters. The van der Waals surface area contributed by atoms with Crippen LogP contribution in [-0.2, 0) is 9.59 Å². The summed E-state index contributed by atoms with van der Waals surface area (Å²) < 4.78 is 9.38. The number of phenols is 1. The van der Waals surface area contributed by atoms with Crippen LogP contribution in [0.5, 0.6) is 17.2 Å². The second-order valence-corrected chi connectivity index (χ2v) is 6.86. The quantitative estimate of drug-likeness (QED) is 0.0977. The van der Waals surface area contributed by atoms with E-state index >= 15 is 0 Å². The van der Waals surface area contributed by atoms with Crippen molar-refractivity contribution >= 4 is 11.9 Å². The van der Waals surface area contributed by atoms with Crippen LogP contribution in [0.15, 0.2) is 18.2 Å². The summed E-state index contributed by atoms with van der Waals surface area (Å²) in [5.74, 6) is -4.93. The summed E-state index contributed by atoms with van der Waals surface area (Å²) >= 11 is 0. The molecule has 0 saturated carbocycles. The standard InChI is InChI=1S/C18H26O15/c19-4-9(22)11(24)13(26)15(28)17(30)32-7-1-6(21)2-8(3-7)33-18(31)16(29)14(27)12(25)10(23)5-20/h1-3,9-16,19-29H,4-5H2/t9-,10-,11-,12-,13+,14+,15-,16-/m1/s1. The molecule has 0 aromatic heterocycles. The number of carbonyl (C=O) groups excluding carboxylic acids is 2. The highest BCUT2D eigenvalue weighted by Gasteiger charge is 2.37. The number of hydrogen-bond acceptors (Lipinski definition) is 15. The second-order valence-electron chi connectivity index (χ2n) is 6.86. The van der Waals surface area contributed by atoms with Crippen LogP contribution in [0.2, 0.25) is 0 Å². The lowest BCUT2D eigenvalue weighted by Crippen LogP contribution is -2.49. The Kier molecular flexibility index (Phi) is 11.0. The van der Waals surface area contributed by atoms with E-state index < -0.39 is 91.2 Å². The number of rotatable bonds is 12. The van der Waals surface area contributed by atoms with Gasteiger partial charge in [-0.3, -0.25) is 0 Å². The van der Waals surface area contributed by atoms with E-state index in [-0.39, 0.29) is 0 Å². The molecule has 188 valence electrons. The zero-order valence-corrected chi connectivity index (χ0v) is 16.8. The van der Waals surface area contributed by atoms with Gasteiger partial charge in [0.25, 0.3) is 0 Å². The Bertz CT molecular complexity index is 726. The van der Waals surface area contributed by atoms with Crippen LogP contribution in [0.25, 0.3) is 0 Å². The molecule has 0 aliphatic rings. The van der Waals surface area contributed by atoms with Crippen LogP contribution in [0, 0.1) is 0 Å². The van der Waals surface area contributed by atoms with Crippen molar-refractivity contribution in [1.82, 2.24) is 0 Å². The molecule has 0 amide bonds. The van der Waals surface area contributed by atoms with Gasteiger partial charge in [0.1, 0.15) is 53.9 Å². The fraction of sp³-hybridized carbons (Fsp3) is 0.556. The van der Waals surface area contributed by atoms with E-state index in [9.17, 15) is 55.5 Å². The van der Waals surface area contributed by atoms with Crippen molar-refractivity contribution in [2.75, 3.05) is 13.2 Å². The Morgan fingerprint density at radius 1 is 0.636 bits per heavy atom. The van der Waals surface area contributed by atoms with Gasteiger partial charge in [0, 0.05) is 18.2 Å². The number of aliphatic hydroxyl groups excluding tert-OH is 10. The molecule has 0 aliphatic carbocycles. The van der Waals surface area contributed by atoms with Crippen molar-refractivity contribution in [3.8, 4) is 17.2 Å². The maximum absolute atomic E-state index is 12.0. The molecule has 0 heterocycles. The third-order valence-corrected chi connectivity index (χ3v) is 4.29. The van der Waals surface area contributed by atoms with Crippen molar-refractivity contribution in [2.45, 2.75) is 48.8 Å². The maximum Gasteiger partial charge on any atom is 0.343 e. The molecule has 0 spiro atoms. The van der Waals surface area contributed by atoms with Gasteiger partial charge in [-0.25, -0.2) is 9.59 Å². The zero-order valence-electron chi connectivity index (χ0n) is 16.8. The molecule has 0 bridgehead atoms. The van der Waals surface area contributed by atoms with E-state index in [0.717, 1.165) is 18.2 Å². The molecular weight excluding hydrogens is 456 g/mol. The minimum Gasteiger partial charge on any atom is -0.508 e. The largest absolute Gasteiger partial charge is 0.508 e. The number of esters is 2. The van der Waals surface area contributed by atoms with Crippen molar-refractivity contribution in [3.63, 3.8) is 0 Å². The number of aromatic hydroxyl groups is 1. The Morgan fingerprint density at radius 2 is 0.970 bits per heavy atom. The van der Waals surface area contributed by atoms with Crippen molar-refractivity contribution in [1.29, 1.82) is 0 Å². The summed E-state index contributed by atoms with van der Waals surface area (Å²) in [6, 6.07) is 2.41. The number of aliphatic hydroxyl groups is 10. The van der Waals surface area contributed by atoms with Gasteiger partial charge in [-0.1, -0.05) is 0 Å². The molecule has 11 N–H and O–H groups in total. The first-order valence-electron chi connectivity index (χ1n) is 9.27. The first-order chi connectivity index (χ1) is 15.3. The lowest BCUT2D eigenvalue weighted by molar-refractivity contribution is -0.161. The van der Waals surface area contributed by atoms with E-state index in [2.05, 4.69) is 9.47 Å². The predicted molar refractivity (Wildman–Crippen MR) is 102 cm³/mol. The topological polar surface area (TPSA) is 275 Å². The zero-order chi connectivity index (χ0) is 25.5.